The van der Waals surface area contributed by atoms with Crippen molar-refractivity contribution >= 4 is 29.2 Å². The molecule has 0 unspecified atom stereocenters. The topological polar surface area (TPSA) is 75.7 Å². The van der Waals surface area contributed by atoms with Crippen molar-refractivity contribution in [3.63, 3.8) is 0 Å². The molecule has 4 atom stereocenters. The van der Waals surface area contributed by atoms with Gasteiger partial charge in [-0.1, -0.05) is 84.9 Å². The van der Waals surface area contributed by atoms with Gasteiger partial charge in [0, 0.05) is 23.0 Å². The Kier molecular flexibility index (Phi) is 6.35. The van der Waals surface area contributed by atoms with Crippen LogP contribution in [0.25, 0.3) is 6.08 Å². The van der Waals surface area contributed by atoms with Crippen molar-refractivity contribution < 1.29 is 19.1 Å². The van der Waals surface area contributed by atoms with Crippen LogP contribution in [0, 0.1) is 12.8 Å². The number of ether oxygens (including phenoxy) is 1. The second-order valence-electron chi connectivity index (χ2n) is 11.3. The molecule has 1 spiro atoms. The van der Waals surface area contributed by atoms with Gasteiger partial charge in [-0.2, -0.15) is 0 Å². The summed E-state index contributed by atoms with van der Waals surface area (Å²) in [7, 11) is 0. The molecule has 3 aliphatic heterocycles. The number of benzene rings is 4. The van der Waals surface area contributed by atoms with Gasteiger partial charge in [0.15, 0.2) is 11.6 Å². The average Bonchev–Trinajstić information content (AvgIpc) is 3.52. The number of Topliss-reactive ketones (excluding diaryl/α,β-unsaturated/α-hetero) is 2. The van der Waals surface area contributed by atoms with E-state index < -0.39 is 23.4 Å². The lowest BCUT2D eigenvalue weighted by atomic mass is 9.62. The fraction of sp³-hybridized carbons (Fsp3) is 0.162. The Morgan fingerprint density at radius 2 is 1.58 bits per heavy atom. The van der Waals surface area contributed by atoms with Gasteiger partial charge in [-0.15, -0.1) is 0 Å². The van der Waals surface area contributed by atoms with E-state index in [0.717, 1.165) is 22.3 Å². The molecule has 4 aromatic rings. The highest BCUT2D eigenvalue weighted by Crippen LogP contribution is 2.62. The maximum absolute atomic E-state index is 14.9. The zero-order chi connectivity index (χ0) is 29.7. The molecular weight excluding hydrogens is 536 g/mol. The van der Waals surface area contributed by atoms with E-state index in [-0.39, 0.29) is 17.5 Å². The van der Waals surface area contributed by atoms with Gasteiger partial charge in [0.25, 0.3) is 0 Å². The second-order valence-corrected chi connectivity index (χ2v) is 11.3. The quantitative estimate of drug-likeness (QED) is 0.203. The maximum atomic E-state index is 14.9. The first kappa shape index (κ1) is 26.7. The zero-order valence-corrected chi connectivity index (χ0v) is 23.7. The average molecular weight is 567 g/mol. The number of nitrogens with one attached hydrogen (secondary N) is 1. The number of ketones is 2. The third kappa shape index (κ3) is 3.97. The number of amides is 1. The number of nitrogens with zero attached hydrogens (tertiary/aromatic N) is 1. The number of carbonyl (C=O) groups excluding carboxylic acids is 3. The lowest BCUT2D eigenvalue weighted by Gasteiger charge is -2.38. The lowest BCUT2D eigenvalue weighted by molar-refractivity contribution is -0.122. The highest BCUT2D eigenvalue weighted by atomic mass is 16.5. The summed E-state index contributed by atoms with van der Waals surface area (Å²) in [6.07, 6.45) is 5.51. The number of rotatable bonds is 7. The zero-order valence-electron chi connectivity index (χ0n) is 23.7. The van der Waals surface area contributed by atoms with Gasteiger partial charge >= 0.3 is 0 Å². The molecule has 3 aliphatic rings. The van der Waals surface area contributed by atoms with E-state index >= 15 is 0 Å². The predicted molar refractivity (Wildman–Crippen MR) is 166 cm³/mol. The SMILES string of the molecule is C=CCOc1ccc(C(=O)[C@H]2[C@@H](C(=O)c3ccc(C)cc3)N3C=Cc4ccccc4[C@@H]3[C@@]23C(=O)Nc2ccccc23)cc1. The van der Waals surface area contributed by atoms with Crippen molar-refractivity contribution in [2.75, 3.05) is 11.9 Å². The largest absolute Gasteiger partial charge is 0.490 e. The van der Waals surface area contributed by atoms with Crippen LogP contribution in [0.2, 0.25) is 0 Å². The van der Waals surface area contributed by atoms with Crippen molar-refractivity contribution in [1.29, 1.82) is 0 Å². The third-order valence-electron chi connectivity index (χ3n) is 8.96. The summed E-state index contributed by atoms with van der Waals surface area (Å²) in [5, 5.41) is 3.09. The molecule has 0 saturated carbocycles. The molecule has 7 rings (SSSR count). The van der Waals surface area contributed by atoms with Gasteiger partial charge < -0.3 is 15.0 Å². The van der Waals surface area contributed by atoms with Crippen LogP contribution in [0.15, 0.2) is 116 Å². The number of aryl methyl sites for hydroxylation is 1. The first-order valence-electron chi connectivity index (χ1n) is 14.4. The van der Waals surface area contributed by atoms with E-state index in [1.807, 2.05) is 84.8 Å². The summed E-state index contributed by atoms with van der Waals surface area (Å²) in [5.41, 5.74) is 3.82. The molecule has 1 N–H and O–H groups in total. The minimum Gasteiger partial charge on any atom is -0.490 e. The molecule has 212 valence electrons. The van der Waals surface area contributed by atoms with E-state index in [0.29, 0.717) is 29.2 Å². The van der Waals surface area contributed by atoms with E-state index in [1.165, 1.54) is 0 Å². The summed E-state index contributed by atoms with van der Waals surface area (Å²) >= 11 is 0. The molecule has 0 aliphatic carbocycles. The van der Waals surface area contributed by atoms with Gasteiger partial charge in [-0.3, -0.25) is 14.4 Å². The van der Waals surface area contributed by atoms with Gasteiger partial charge in [-0.05, 0) is 60.0 Å². The van der Waals surface area contributed by atoms with Crippen molar-refractivity contribution in [2.24, 2.45) is 5.92 Å². The third-order valence-corrected chi connectivity index (χ3v) is 8.96. The molecule has 1 amide bonds. The summed E-state index contributed by atoms with van der Waals surface area (Å²) in [5.74, 6) is -1.17. The summed E-state index contributed by atoms with van der Waals surface area (Å²) in [6.45, 7) is 5.99. The Morgan fingerprint density at radius 1 is 0.907 bits per heavy atom. The predicted octanol–water partition coefficient (Wildman–Crippen LogP) is 6.54. The number of anilines is 1. The Bertz CT molecular complexity index is 1810. The first-order valence-corrected chi connectivity index (χ1v) is 14.4. The number of para-hydroxylation sites is 1. The van der Waals surface area contributed by atoms with Gasteiger partial charge in [0.2, 0.25) is 5.91 Å². The molecular formula is C37H30N2O4. The maximum Gasteiger partial charge on any atom is 0.238 e. The van der Waals surface area contributed by atoms with Crippen molar-refractivity contribution in [3.8, 4) is 5.75 Å². The molecule has 0 aromatic heterocycles. The summed E-state index contributed by atoms with van der Waals surface area (Å²) in [4.78, 5) is 46.0. The fourth-order valence-corrected chi connectivity index (χ4v) is 7.11. The Labute approximate surface area is 250 Å². The summed E-state index contributed by atoms with van der Waals surface area (Å²) in [6, 6.07) is 28.2. The lowest BCUT2D eigenvalue weighted by Crippen LogP contribution is -2.49. The molecule has 6 nitrogen and oxygen atoms in total. The van der Waals surface area contributed by atoms with Crippen LogP contribution in [0.1, 0.15) is 49.0 Å². The van der Waals surface area contributed by atoms with Crippen LogP contribution in [-0.4, -0.2) is 35.0 Å². The van der Waals surface area contributed by atoms with Crippen LogP contribution in [0.5, 0.6) is 5.75 Å². The minimum atomic E-state index is -1.36. The van der Waals surface area contributed by atoms with Crippen molar-refractivity contribution in [3.05, 3.63) is 149 Å². The van der Waals surface area contributed by atoms with Crippen LogP contribution in [0.3, 0.4) is 0 Å². The van der Waals surface area contributed by atoms with Gasteiger partial charge in [0.1, 0.15) is 23.8 Å². The number of carbonyl (C=O) groups is 3. The molecule has 6 heteroatoms. The fourth-order valence-electron chi connectivity index (χ4n) is 7.11. The smallest absolute Gasteiger partial charge is 0.238 e. The number of fused-ring (bicyclic) bond motifs is 6. The van der Waals surface area contributed by atoms with Crippen LogP contribution >= 0.6 is 0 Å². The van der Waals surface area contributed by atoms with E-state index in [1.54, 1.807) is 42.5 Å². The van der Waals surface area contributed by atoms with Crippen LogP contribution in [-0.2, 0) is 10.2 Å². The Balaban J connectivity index is 1.47. The van der Waals surface area contributed by atoms with Gasteiger partial charge in [0.05, 0.1) is 12.0 Å². The van der Waals surface area contributed by atoms with Crippen LogP contribution in [0.4, 0.5) is 5.69 Å². The first-order chi connectivity index (χ1) is 20.9. The molecule has 43 heavy (non-hydrogen) atoms. The number of hydrogen-bond acceptors (Lipinski definition) is 5. The monoisotopic (exact) mass is 566 g/mol. The molecule has 0 radical (unpaired) electrons. The molecule has 1 saturated heterocycles. The summed E-state index contributed by atoms with van der Waals surface area (Å²) < 4.78 is 5.65. The Morgan fingerprint density at radius 3 is 2.35 bits per heavy atom. The van der Waals surface area contributed by atoms with E-state index in [2.05, 4.69) is 11.9 Å². The van der Waals surface area contributed by atoms with E-state index in [4.69, 9.17) is 4.74 Å². The van der Waals surface area contributed by atoms with Crippen molar-refractivity contribution in [1.82, 2.24) is 4.90 Å². The molecule has 3 heterocycles. The normalized spacial score (nSPS) is 22.9. The van der Waals surface area contributed by atoms with Crippen molar-refractivity contribution in [2.45, 2.75) is 24.4 Å². The molecule has 1 fully saturated rings. The molecule has 0 bridgehead atoms. The Hall–Kier alpha value is -5.23. The highest BCUT2D eigenvalue weighted by molar-refractivity contribution is 6.16. The second kappa shape index (κ2) is 10.2. The minimum absolute atomic E-state index is 0.202. The highest BCUT2D eigenvalue weighted by Gasteiger charge is 2.70. The molecule has 4 aromatic carbocycles. The standard InChI is InChI=1S/C37H30N2O4/c1-3-22-43-27-18-16-25(17-19-27)33(40)31-32(34(41)26-14-12-23(2)13-15-26)39-21-20-24-8-4-5-9-28(24)35(39)37(31)29-10-6-7-11-30(29)38-36(37)42/h3-21,31-32,35H,1,22H2,2H3,(H,38,42)/t31-,32+,35-,37+/m1/s1. The van der Waals surface area contributed by atoms with Crippen LogP contribution < -0.4 is 10.1 Å². The number of hydrogen-bond donors (Lipinski definition) is 1. The van der Waals surface area contributed by atoms with E-state index in [9.17, 15) is 14.4 Å². The van der Waals surface area contributed by atoms with Gasteiger partial charge in [-0.25, -0.2) is 0 Å².